The van der Waals surface area contributed by atoms with Gasteiger partial charge >= 0.3 is 0 Å². The Balaban J connectivity index is 1.10. The highest BCUT2D eigenvalue weighted by Gasteiger charge is 2.17. The van der Waals surface area contributed by atoms with Crippen molar-refractivity contribution >= 4 is 65.2 Å². The summed E-state index contributed by atoms with van der Waals surface area (Å²) in [5.74, 6) is 0. The van der Waals surface area contributed by atoms with Crippen LogP contribution in [0.4, 0.5) is 0 Å². The maximum Gasteiger partial charge on any atom is 0.0620 e. The molecule has 4 nitrogen and oxygen atoms in total. The summed E-state index contributed by atoms with van der Waals surface area (Å²) in [6.45, 7) is 0. The van der Waals surface area contributed by atoms with Crippen molar-refractivity contribution in [3.63, 3.8) is 0 Å². The van der Waals surface area contributed by atoms with Crippen molar-refractivity contribution < 1.29 is 0 Å². The molecule has 0 N–H and O–H groups in total. The van der Waals surface area contributed by atoms with E-state index in [2.05, 4.69) is 153 Å². The van der Waals surface area contributed by atoms with Gasteiger partial charge in [-0.3, -0.25) is 9.97 Å². The molecule has 0 spiro atoms. The van der Waals surface area contributed by atoms with Gasteiger partial charge in [-0.15, -0.1) is 0 Å². The average Bonchev–Trinajstić information content (AvgIpc) is 3.66. The van der Waals surface area contributed by atoms with Crippen molar-refractivity contribution in [2.75, 3.05) is 0 Å². The van der Waals surface area contributed by atoms with Gasteiger partial charge < -0.3 is 9.13 Å². The zero-order valence-corrected chi connectivity index (χ0v) is 24.8. The molecule has 0 aliphatic heterocycles. The average molecular weight is 587 g/mol. The van der Waals surface area contributed by atoms with E-state index in [4.69, 9.17) is 0 Å². The molecule has 4 heterocycles. The molecule has 214 valence electrons. The van der Waals surface area contributed by atoms with Crippen LogP contribution in [0.2, 0.25) is 0 Å². The summed E-state index contributed by atoms with van der Waals surface area (Å²) in [7, 11) is 0. The van der Waals surface area contributed by atoms with Crippen LogP contribution in [0.25, 0.3) is 87.7 Å². The van der Waals surface area contributed by atoms with Crippen molar-refractivity contribution in [3.05, 3.63) is 158 Å². The largest absolute Gasteiger partial charge is 0.309 e. The van der Waals surface area contributed by atoms with Crippen LogP contribution >= 0.6 is 0 Å². The summed E-state index contributed by atoms with van der Waals surface area (Å²) in [6.07, 6.45) is 7.73. The second-order valence-electron chi connectivity index (χ2n) is 11.9. The molecule has 0 atom stereocenters. The number of aromatic nitrogens is 4. The number of rotatable bonds is 3. The maximum absolute atomic E-state index is 4.46. The van der Waals surface area contributed by atoms with E-state index in [-0.39, 0.29) is 0 Å². The molecule has 0 radical (unpaired) electrons. The van der Waals surface area contributed by atoms with E-state index in [1.807, 2.05) is 24.8 Å². The number of fused-ring (bicyclic) bond motifs is 10. The van der Waals surface area contributed by atoms with E-state index in [0.29, 0.717) is 0 Å². The van der Waals surface area contributed by atoms with Crippen molar-refractivity contribution in [1.82, 2.24) is 19.1 Å². The first-order valence-corrected chi connectivity index (χ1v) is 15.6. The van der Waals surface area contributed by atoms with Crippen LogP contribution in [0.5, 0.6) is 0 Å². The van der Waals surface area contributed by atoms with Gasteiger partial charge in [0.25, 0.3) is 0 Å². The lowest BCUT2D eigenvalue weighted by molar-refractivity contribution is 1.18. The Morgan fingerprint density at radius 3 is 1.24 bits per heavy atom. The molecule has 0 aliphatic rings. The van der Waals surface area contributed by atoms with E-state index in [1.165, 1.54) is 54.5 Å². The summed E-state index contributed by atoms with van der Waals surface area (Å²) < 4.78 is 4.76. The molecule has 4 aromatic heterocycles. The van der Waals surface area contributed by atoms with E-state index in [1.54, 1.807) is 0 Å². The van der Waals surface area contributed by atoms with Gasteiger partial charge in [0.2, 0.25) is 0 Å². The first-order chi connectivity index (χ1) is 22.8. The molecule has 0 fully saturated rings. The molecule has 10 rings (SSSR count). The lowest BCUT2D eigenvalue weighted by atomic mass is 10.0. The number of hydrogen-bond donors (Lipinski definition) is 0. The second kappa shape index (κ2) is 9.62. The minimum Gasteiger partial charge on any atom is -0.309 e. The molecule has 0 aliphatic carbocycles. The van der Waals surface area contributed by atoms with Gasteiger partial charge in [-0.05, 0) is 58.3 Å². The predicted molar refractivity (Wildman–Crippen MR) is 191 cm³/mol. The van der Waals surface area contributed by atoms with Gasteiger partial charge in [-0.25, -0.2) is 0 Å². The Kier molecular flexibility index (Phi) is 5.25. The monoisotopic (exact) mass is 586 g/mol. The maximum atomic E-state index is 4.46. The van der Waals surface area contributed by atoms with Crippen molar-refractivity contribution in [2.24, 2.45) is 0 Å². The first kappa shape index (κ1) is 25.1. The quantitative estimate of drug-likeness (QED) is 0.206. The topological polar surface area (TPSA) is 35.6 Å². The lowest BCUT2D eigenvalue weighted by Crippen LogP contribution is -1.95. The van der Waals surface area contributed by atoms with Crippen molar-refractivity contribution in [2.45, 2.75) is 0 Å². The number of pyridine rings is 2. The lowest BCUT2D eigenvalue weighted by Gasteiger charge is -2.12. The van der Waals surface area contributed by atoms with Crippen LogP contribution in [-0.4, -0.2) is 19.1 Å². The normalized spacial score (nSPS) is 11.9. The fraction of sp³-hybridized carbons (Fsp3) is 0. The van der Waals surface area contributed by atoms with Gasteiger partial charge in [-0.1, -0.05) is 97.1 Å². The number of benzene rings is 6. The molecule has 46 heavy (non-hydrogen) atoms. The van der Waals surface area contributed by atoms with Gasteiger partial charge in [0.05, 0.1) is 22.1 Å². The van der Waals surface area contributed by atoms with E-state index in [0.717, 1.165) is 33.2 Å². The third-order valence-corrected chi connectivity index (χ3v) is 9.49. The standard InChI is InChI=1S/C42H26N4/c1-3-7-33-29(5-1)13-19-35-37-25-43-23-21-39(37)45(41(33)35)31-15-9-27(10-16-31)28-11-17-32(18-12-28)46-40-22-24-44-26-38(40)36-20-14-30-6-2-4-8-34(30)42(36)46/h1-26H. The SMILES string of the molecule is c1ccc2c(c1)ccc1c3cnccc3n(-c3ccc(-c4ccc(-n5c6ccncc6c6ccc7ccccc7c65)cc4)cc3)c21. The minimum absolute atomic E-state index is 1.13. The van der Waals surface area contributed by atoms with Crippen LogP contribution in [0.15, 0.2) is 158 Å². The molecule has 0 saturated carbocycles. The summed E-state index contributed by atoms with van der Waals surface area (Å²) in [5, 5.41) is 9.71. The van der Waals surface area contributed by atoms with Gasteiger partial charge in [0.1, 0.15) is 0 Å². The van der Waals surface area contributed by atoms with Gasteiger partial charge in [-0.2, -0.15) is 0 Å². The Morgan fingerprint density at radius 1 is 0.348 bits per heavy atom. The third kappa shape index (κ3) is 3.55. The summed E-state index contributed by atoms with van der Waals surface area (Å²) >= 11 is 0. The number of hydrogen-bond acceptors (Lipinski definition) is 2. The molecule has 6 aromatic carbocycles. The summed E-state index contributed by atoms with van der Waals surface area (Å²) in [4.78, 5) is 8.92. The van der Waals surface area contributed by atoms with Crippen molar-refractivity contribution in [3.8, 4) is 22.5 Å². The van der Waals surface area contributed by atoms with Crippen LogP contribution in [-0.2, 0) is 0 Å². The highest BCUT2D eigenvalue weighted by atomic mass is 15.0. The van der Waals surface area contributed by atoms with Crippen LogP contribution in [0, 0.1) is 0 Å². The smallest absolute Gasteiger partial charge is 0.0620 e. The molecule has 0 saturated heterocycles. The molecule has 0 amide bonds. The Bertz CT molecular complexity index is 2590. The number of nitrogens with zero attached hydrogens (tertiary/aromatic N) is 4. The Hall–Kier alpha value is -6.26. The zero-order chi connectivity index (χ0) is 30.2. The zero-order valence-electron chi connectivity index (χ0n) is 24.8. The first-order valence-electron chi connectivity index (χ1n) is 15.6. The molecular weight excluding hydrogens is 560 g/mol. The molecule has 4 heteroatoms. The molecule has 10 aromatic rings. The van der Waals surface area contributed by atoms with Crippen LogP contribution < -0.4 is 0 Å². The molecule has 0 unspecified atom stereocenters. The van der Waals surface area contributed by atoms with Crippen LogP contribution in [0.3, 0.4) is 0 Å². The summed E-state index contributed by atoms with van der Waals surface area (Å²) in [5.41, 5.74) is 9.38. The highest BCUT2D eigenvalue weighted by Crippen LogP contribution is 2.38. The van der Waals surface area contributed by atoms with Crippen LogP contribution in [0.1, 0.15) is 0 Å². The van der Waals surface area contributed by atoms with E-state index in [9.17, 15) is 0 Å². The summed E-state index contributed by atoms with van der Waals surface area (Å²) in [6, 6.07) is 48.2. The van der Waals surface area contributed by atoms with E-state index >= 15 is 0 Å². The molecule has 0 bridgehead atoms. The Morgan fingerprint density at radius 2 is 0.783 bits per heavy atom. The second-order valence-corrected chi connectivity index (χ2v) is 11.9. The fourth-order valence-electron chi connectivity index (χ4n) is 7.39. The van der Waals surface area contributed by atoms with Gasteiger partial charge in [0, 0.05) is 68.5 Å². The fourth-order valence-corrected chi connectivity index (χ4v) is 7.39. The minimum atomic E-state index is 1.13. The van der Waals surface area contributed by atoms with Crippen molar-refractivity contribution in [1.29, 1.82) is 0 Å². The van der Waals surface area contributed by atoms with Gasteiger partial charge in [0.15, 0.2) is 0 Å². The Labute approximate surface area is 264 Å². The van der Waals surface area contributed by atoms with E-state index < -0.39 is 0 Å². The third-order valence-electron chi connectivity index (χ3n) is 9.49. The predicted octanol–water partition coefficient (Wildman–Crippen LogP) is 10.6. The molecular formula is C42H26N4. The highest BCUT2D eigenvalue weighted by molar-refractivity contribution is 6.19.